The molecule has 2 heterocycles. The summed E-state index contributed by atoms with van der Waals surface area (Å²) in [4.78, 5) is 39.5. The van der Waals surface area contributed by atoms with Gasteiger partial charge in [-0.05, 0) is 67.6 Å². The number of aromatic amines is 1. The van der Waals surface area contributed by atoms with Crippen LogP contribution in [0, 0.1) is 0 Å². The minimum Gasteiger partial charge on any atom is -0.478 e. The van der Waals surface area contributed by atoms with E-state index in [9.17, 15) is 14.4 Å². The van der Waals surface area contributed by atoms with Crippen LogP contribution in [-0.2, 0) is 4.79 Å². The maximum absolute atomic E-state index is 12.9. The molecule has 3 aromatic rings. The highest BCUT2D eigenvalue weighted by atomic mass is 35.5. The number of aromatic nitrogens is 1. The summed E-state index contributed by atoms with van der Waals surface area (Å²) in [6.45, 7) is 1.71. The Balaban J connectivity index is 1.56. The fourth-order valence-corrected chi connectivity index (χ4v) is 3.28. The first-order chi connectivity index (χ1) is 14.8. The average molecular weight is 434 g/mol. The van der Waals surface area contributed by atoms with Crippen molar-refractivity contribution in [3.8, 4) is 0 Å². The maximum atomic E-state index is 12.9. The van der Waals surface area contributed by atoms with Gasteiger partial charge in [-0.15, -0.1) is 0 Å². The van der Waals surface area contributed by atoms with E-state index in [2.05, 4.69) is 10.1 Å². The van der Waals surface area contributed by atoms with E-state index >= 15 is 0 Å². The molecule has 0 saturated heterocycles. The number of rotatable bonds is 5. The van der Waals surface area contributed by atoms with E-state index < -0.39 is 5.97 Å². The number of ketones is 1. The molecule has 0 unspecified atom stereocenters. The summed E-state index contributed by atoms with van der Waals surface area (Å²) in [7, 11) is 0. The zero-order valence-electron chi connectivity index (χ0n) is 16.3. The lowest BCUT2D eigenvalue weighted by molar-refractivity contribution is -0.114. The van der Waals surface area contributed by atoms with Crippen molar-refractivity contribution in [2.45, 2.75) is 6.92 Å². The number of H-pyrrole nitrogens is 1. The van der Waals surface area contributed by atoms with Crippen LogP contribution in [0.25, 0.3) is 6.08 Å². The number of amides is 1. The van der Waals surface area contributed by atoms with Crippen LogP contribution in [0.15, 0.2) is 71.5 Å². The number of carboxylic acids is 1. The lowest BCUT2D eigenvalue weighted by Crippen LogP contribution is -2.21. The summed E-state index contributed by atoms with van der Waals surface area (Å²) < 4.78 is 0. The first kappa shape index (κ1) is 20.3. The number of aromatic carboxylic acids is 1. The minimum absolute atomic E-state index is 0.121. The van der Waals surface area contributed by atoms with Crippen molar-refractivity contribution in [3.05, 3.63) is 93.8 Å². The molecule has 0 atom stereocenters. The van der Waals surface area contributed by atoms with E-state index in [1.54, 1.807) is 49.5 Å². The molecular formula is C23H16ClN3O4. The number of anilines is 1. The number of hydrazone groups is 1. The van der Waals surface area contributed by atoms with Crippen LogP contribution < -0.4 is 5.01 Å². The Hall–Kier alpha value is -3.97. The predicted molar refractivity (Wildman–Crippen MR) is 118 cm³/mol. The van der Waals surface area contributed by atoms with Crippen LogP contribution in [-0.4, -0.2) is 33.5 Å². The fraction of sp³-hybridized carbons (Fsp3) is 0.0435. The Bertz CT molecular complexity index is 1250. The predicted octanol–water partition coefficient (Wildman–Crippen LogP) is 4.40. The molecule has 0 radical (unpaired) electrons. The molecule has 1 aliphatic heterocycles. The monoisotopic (exact) mass is 433 g/mol. The quantitative estimate of drug-likeness (QED) is 0.459. The number of nitrogens with zero attached hydrogens (tertiary/aromatic N) is 2. The number of benzene rings is 2. The lowest BCUT2D eigenvalue weighted by Gasteiger charge is -2.11. The van der Waals surface area contributed by atoms with Crippen molar-refractivity contribution in [1.82, 2.24) is 4.98 Å². The van der Waals surface area contributed by atoms with Gasteiger partial charge in [0.2, 0.25) is 0 Å². The Morgan fingerprint density at radius 1 is 1.03 bits per heavy atom. The number of hydrogen-bond acceptors (Lipinski definition) is 4. The second-order valence-corrected chi connectivity index (χ2v) is 7.33. The summed E-state index contributed by atoms with van der Waals surface area (Å²) in [6.07, 6.45) is 3.21. The lowest BCUT2D eigenvalue weighted by atomic mass is 10.1. The van der Waals surface area contributed by atoms with Gasteiger partial charge >= 0.3 is 5.97 Å². The molecule has 4 rings (SSSR count). The molecule has 7 nitrogen and oxygen atoms in total. The zero-order valence-corrected chi connectivity index (χ0v) is 17.1. The van der Waals surface area contributed by atoms with E-state index in [4.69, 9.17) is 16.7 Å². The van der Waals surface area contributed by atoms with Gasteiger partial charge in [0.1, 0.15) is 0 Å². The van der Waals surface area contributed by atoms with Gasteiger partial charge in [0.15, 0.2) is 5.78 Å². The molecule has 1 aromatic heterocycles. The second kappa shape index (κ2) is 8.04. The number of carboxylic acid groups (broad SMARTS) is 1. The molecule has 0 bridgehead atoms. The van der Waals surface area contributed by atoms with Gasteiger partial charge in [0.25, 0.3) is 5.91 Å². The Morgan fingerprint density at radius 3 is 2.32 bits per heavy atom. The number of hydrogen-bond donors (Lipinski definition) is 2. The first-order valence-electron chi connectivity index (χ1n) is 9.27. The van der Waals surface area contributed by atoms with Gasteiger partial charge in [0, 0.05) is 28.0 Å². The van der Waals surface area contributed by atoms with Gasteiger partial charge < -0.3 is 10.1 Å². The molecule has 0 aliphatic carbocycles. The molecule has 2 N–H and O–H groups in total. The van der Waals surface area contributed by atoms with Gasteiger partial charge in [0.05, 0.1) is 22.5 Å². The van der Waals surface area contributed by atoms with Crippen LogP contribution in [0.4, 0.5) is 5.69 Å². The van der Waals surface area contributed by atoms with Crippen LogP contribution >= 0.6 is 11.6 Å². The normalized spacial score (nSPS) is 14.8. The SMILES string of the molecule is CC1=NN(c2ccc(C(=O)O)cc2)C(=O)/C1=C\c1cc(C(=O)c2ccc(Cl)cc2)c[nH]1. The zero-order chi connectivity index (χ0) is 22.1. The van der Waals surface area contributed by atoms with Crippen molar-refractivity contribution in [1.29, 1.82) is 0 Å². The van der Waals surface area contributed by atoms with E-state index in [1.165, 1.54) is 29.3 Å². The molecule has 8 heteroatoms. The summed E-state index contributed by atoms with van der Waals surface area (Å²) >= 11 is 5.87. The third-order valence-corrected chi connectivity index (χ3v) is 5.05. The summed E-state index contributed by atoms with van der Waals surface area (Å²) in [6, 6.07) is 14.2. The van der Waals surface area contributed by atoms with Crippen molar-refractivity contribution in [3.63, 3.8) is 0 Å². The fourth-order valence-electron chi connectivity index (χ4n) is 3.15. The minimum atomic E-state index is -1.05. The molecule has 1 amide bonds. The first-order valence-corrected chi connectivity index (χ1v) is 9.65. The standard InChI is InChI=1S/C23H16ClN3O4/c1-13-20(22(29)27(26-13)19-8-4-15(5-9-19)23(30)31)11-18-10-16(12-25-18)21(28)14-2-6-17(24)7-3-14/h2-12,25H,1H3,(H,30,31)/b20-11-. The number of nitrogens with one attached hydrogen (secondary N) is 1. The van der Waals surface area contributed by atoms with E-state index in [-0.39, 0.29) is 17.3 Å². The third kappa shape index (κ3) is 4.04. The van der Waals surface area contributed by atoms with Gasteiger partial charge in [-0.1, -0.05) is 11.6 Å². The molecule has 1 aliphatic rings. The largest absolute Gasteiger partial charge is 0.478 e. The highest BCUT2D eigenvalue weighted by Crippen LogP contribution is 2.25. The van der Waals surface area contributed by atoms with Crippen LogP contribution in [0.1, 0.15) is 38.9 Å². The maximum Gasteiger partial charge on any atom is 0.335 e. The van der Waals surface area contributed by atoms with E-state index in [0.717, 1.165) is 0 Å². The summed E-state index contributed by atoms with van der Waals surface area (Å²) in [5.41, 5.74) is 3.00. The van der Waals surface area contributed by atoms with Gasteiger partial charge in [-0.2, -0.15) is 10.1 Å². The van der Waals surface area contributed by atoms with E-state index in [0.29, 0.717) is 38.8 Å². The highest BCUT2D eigenvalue weighted by molar-refractivity contribution is 6.32. The Kier molecular flexibility index (Phi) is 5.27. The molecule has 31 heavy (non-hydrogen) atoms. The van der Waals surface area contributed by atoms with Crippen molar-refractivity contribution in [2.24, 2.45) is 5.10 Å². The van der Waals surface area contributed by atoms with Crippen molar-refractivity contribution >= 4 is 46.7 Å². The van der Waals surface area contributed by atoms with Gasteiger partial charge in [-0.3, -0.25) is 9.59 Å². The average Bonchev–Trinajstić information content (AvgIpc) is 3.34. The molecule has 154 valence electrons. The summed E-state index contributed by atoms with van der Waals surface area (Å²) in [5, 5.41) is 15.1. The number of halogens is 1. The molecule has 0 saturated carbocycles. The van der Waals surface area contributed by atoms with Crippen molar-refractivity contribution in [2.75, 3.05) is 5.01 Å². The van der Waals surface area contributed by atoms with Crippen molar-refractivity contribution < 1.29 is 19.5 Å². The molecular weight excluding hydrogens is 418 g/mol. The van der Waals surface area contributed by atoms with Crippen LogP contribution in [0.2, 0.25) is 5.02 Å². The topological polar surface area (TPSA) is 103 Å². The van der Waals surface area contributed by atoms with Gasteiger partial charge in [-0.25, -0.2) is 4.79 Å². The Morgan fingerprint density at radius 2 is 1.68 bits per heavy atom. The van der Waals surface area contributed by atoms with E-state index in [1.807, 2.05) is 0 Å². The van der Waals surface area contributed by atoms with Crippen LogP contribution in [0.3, 0.4) is 0 Å². The summed E-state index contributed by atoms with van der Waals surface area (Å²) in [5.74, 6) is -1.56. The van der Waals surface area contributed by atoms with Crippen LogP contribution in [0.5, 0.6) is 0 Å². The molecule has 0 fully saturated rings. The highest BCUT2D eigenvalue weighted by Gasteiger charge is 2.29. The molecule has 0 spiro atoms. The number of carbonyl (C=O) groups excluding carboxylic acids is 2. The number of carbonyl (C=O) groups is 3. The second-order valence-electron chi connectivity index (χ2n) is 6.89. The third-order valence-electron chi connectivity index (χ3n) is 4.80. The Labute approximate surface area is 182 Å². The molecule has 2 aromatic carbocycles. The smallest absolute Gasteiger partial charge is 0.335 e.